The summed E-state index contributed by atoms with van der Waals surface area (Å²) in [4.78, 5) is 5.70. The van der Waals surface area contributed by atoms with Gasteiger partial charge in [-0.3, -0.25) is 4.72 Å². The van der Waals surface area contributed by atoms with Crippen molar-refractivity contribution in [1.82, 2.24) is 9.88 Å². The average molecular weight is 511 g/mol. The summed E-state index contributed by atoms with van der Waals surface area (Å²) in [6.45, 7) is 4.00. The lowest BCUT2D eigenvalue weighted by Gasteiger charge is -2.28. The maximum Gasteiger partial charge on any atom is 0.271 e. The molecule has 170 valence electrons. The number of thiophene rings is 1. The van der Waals surface area contributed by atoms with Gasteiger partial charge in [0.25, 0.3) is 10.0 Å². The van der Waals surface area contributed by atoms with Crippen molar-refractivity contribution in [1.29, 1.82) is 0 Å². The number of aromatic nitrogens is 1. The Balaban J connectivity index is 0.00000245. The van der Waals surface area contributed by atoms with Gasteiger partial charge in [0.05, 0.1) is 0 Å². The third-order valence-corrected chi connectivity index (χ3v) is 9.73. The Labute approximate surface area is 203 Å². The lowest BCUT2D eigenvalue weighted by molar-refractivity contribution is 0.256. The molecular weight excluding hydrogens is 485 g/mol. The number of sulfonamides is 1. The van der Waals surface area contributed by atoms with E-state index in [0.717, 1.165) is 52.5 Å². The van der Waals surface area contributed by atoms with Crippen LogP contribution in [0, 0.1) is 6.92 Å². The van der Waals surface area contributed by atoms with Crippen molar-refractivity contribution >= 4 is 72.0 Å². The molecule has 32 heavy (non-hydrogen) atoms. The molecule has 2 N–H and O–H groups in total. The Morgan fingerprint density at radius 3 is 2.62 bits per heavy atom. The molecule has 2 aromatic carbocycles. The van der Waals surface area contributed by atoms with Crippen molar-refractivity contribution in [3.63, 3.8) is 0 Å². The Morgan fingerprint density at radius 1 is 1.12 bits per heavy atom. The standard InChI is InChI=1S/C23H24ClN3O2S2.ClH/c1-14-18-11-16(24)3-6-22(18)30-23(14)31(28,29)26-17-4-5-21-19(12-17)20(13-25-21)15-7-9-27(2)10-8-15;/h3-6,11-13,15,25-26H,7-10H2,1-2H3;1H. The fourth-order valence-electron chi connectivity index (χ4n) is 4.49. The summed E-state index contributed by atoms with van der Waals surface area (Å²) < 4.78 is 30.5. The van der Waals surface area contributed by atoms with E-state index in [1.165, 1.54) is 16.9 Å². The average Bonchev–Trinajstić information content (AvgIpc) is 3.30. The number of H-pyrrole nitrogens is 1. The molecule has 0 saturated carbocycles. The third-order valence-electron chi connectivity index (χ3n) is 6.22. The van der Waals surface area contributed by atoms with Gasteiger partial charge in [-0.15, -0.1) is 23.7 Å². The molecule has 3 heterocycles. The van der Waals surface area contributed by atoms with Crippen molar-refractivity contribution in [3.05, 3.63) is 58.7 Å². The van der Waals surface area contributed by atoms with Crippen LogP contribution < -0.4 is 4.72 Å². The second kappa shape index (κ2) is 8.88. The van der Waals surface area contributed by atoms with E-state index in [9.17, 15) is 8.42 Å². The van der Waals surface area contributed by atoms with Crippen LogP contribution in [0.2, 0.25) is 5.02 Å². The number of nitrogens with one attached hydrogen (secondary N) is 2. The second-order valence-electron chi connectivity index (χ2n) is 8.34. The van der Waals surface area contributed by atoms with E-state index >= 15 is 0 Å². The number of piperidine rings is 1. The Bertz CT molecular complexity index is 1390. The molecule has 9 heteroatoms. The van der Waals surface area contributed by atoms with Crippen molar-refractivity contribution in [2.24, 2.45) is 0 Å². The molecular formula is C23H25Cl2N3O2S2. The molecule has 2 aromatic heterocycles. The maximum absolute atomic E-state index is 13.2. The zero-order valence-electron chi connectivity index (χ0n) is 17.8. The molecule has 1 aliphatic heterocycles. The monoisotopic (exact) mass is 509 g/mol. The molecule has 0 unspecified atom stereocenters. The molecule has 1 saturated heterocycles. The lowest BCUT2D eigenvalue weighted by atomic mass is 9.89. The summed E-state index contributed by atoms with van der Waals surface area (Å²) in [5, 5.41) is 2.57. The Hall–Kier alpha value is -1.77. The zero-order chi connectivity index (χ0) is 21.8. The minimum Gasteiger partial charge on any atom is -0.361 e. The van der Waals surface area contributed by atoms with E-state index in [4.69, 9.17) is 11.6 Å². The topological polar surface area (TPSA) is 65.2 Å². The van der Waals surface area contributed by atoms with Gasteiger partial charge in [0, 0.05) is 32.5 Å². The van der Waals surface area contributed by atoms with Crippen molar-refractivity contribution in [2.75, 3.05) is 24.9 Å². The molecule has 1 fully saturated rings. The van der Waals surface area contributed by atoms with Gasteiger partial charge >= 0.3 is 0 Å². The summed E-state index contributed by atoms with van der Waals surface area (Å²) in [7, 11) is -1.55. The second-order valence-corrected chi connectivity index (χ2v) is 11.7. The number of rotatable bonds is 4. The number of benzene rings is 2. The number of halogens is 2. The largest absolute Gasteiger partial charge is 0.361 e. The van der Waals surface area contributed by atoms with Crippen LogP contribution in [0.3, 0.4) is 0 Å². The highest BCUT2D eigenvalue weighted by Crippen LogP contribution is 2.37. The quantitative estimate of drug-likeness (QED) is 0.335. The van der Waals surface area contributed by atoms with E-state index in [1.807, 2.05) is 37.3 Å². The summed E-state index contributed by atoms with van der Waals surface area (Å²) in [5.74, 6) is 0.492. The first-order valence-corrected chi connectivity index (χ1v) is 13.0. The number of fused-ring (bicyclic) bond motifs is 2. The van der Waals surface area contributed by atoms with Gasteiger partial charge in [0.15, 0.2) is 0 Å². The molecule has 0 bridgehead atoms. The normalized spacial score (nSPS) is 15.8. The van der Waals surface area contributed by atoms with Crippen LogP contribution in [-0.4, -0.2) is 38.4 Å². The van der Waals surface area contributed by atoms with Gasteiger partial charge in [-0.25, -0.2) is 8.42 Å². The van der Waals surface area contributed by atoms with Crippen LogP contribution in [0.15, 0.2) is 46.8 Å². The lowest BCUT2D eigenvalue weighted by Crippen LogP contribution is -2.29. The number of hydrogen-bond acceptors (Lipinski definition) is 4. The smallest absolute Gasteiger partial charge is 0.271 e. The summed E-state index contributed by atoms with van der Waals surface area (Å²) in [6.07, 6.45) is 4.31. The van der Waals surface area contributed by atoms with Crippen LogP contribution in [0.5, 0.6) is 0 Å². The predicted octanol–water partition coefficient (Wildman–Crippen LogP) is 6.38. The van der Waals surface area contributed by atoms with Gasteiger partial charge in [0.2, 0.25) is 0 Å². The summed E-state index contributed by atoms with van der Waals surface area (Å²) in [6, 6.07) is 11.2. The summed E-state index contributed by atoms with van der Waals surface area (Å²) >= 11 is 7.38. The highest BCUT2D eigenvalue weighted by molar-refractivity contribution is 7.94. The van der Waals surface area contributed by atoms with E-state index in [-0.39, 0.29) is 12.4 Å². The minimum absolute atomic E-state index is 0. The fourth-order valence-corrected chi connectivity index (χ4v) is 7.46. The molecule has 0 aliphatic carbocycles. The molecule has 0 amide bonds. The van der Waals surface area contributed by atoms with Gasteiger partial charge in [0.1, 0.15) is 4.21 Å². The summed E-state index contributed by atoms with van der Waals surface area (Å²) in [5.41, 5.74) is 3.61. The Morgan fingerprint density at radius 2 is 1.88 bits per heavy atom. The molecule has 5 rings (SSSR count). The zero-order valence-corrected chi connectivity index (χ0v) is 21.0. The van der Waals surface area contributed by atoms with Crippen LogP contribution in [0.1, 0.15) is 29.9 Å². The molecule has 0 radical (unpaired) electrons. The third kappa shape index (κ3) is 4.24. The number of anilines is 1. The number of likely N-dealkylation sites (tertiary alicyclic amines) is 1. The van der Waals surface area contributed by atoms with Gasteiger partial charge < -0.3 is 9.88 Å². The minimum atomic E-state index is -3.71. The van der Waals surface area contributed by atoms with Gasteiger partial charge in [-0.05, 0) is 98.7 Å². The van der Waals surface area contributed by atoms with Crippen molar-refractivity contribution in [3.8, 4) is 0 Å². The van der Waals surface area contributed by atoms with E-state index < -0.39 is 10.0 Å². The van der Waals surface area contributed by atoms with E-state index in [1.54, 1.807) is 6.07 Å². The highest BCUT2D eigenvalue weighted by Gasteiger charge is 2.24. The van der Waals surface area contributed by atoms with Crippen LogP contribution in [-0.2, 0) is 10.0 Å². The van der Waals surface area contributed by atoms with E-state index in [0.29, 0.717) is 20.8 Å². The maximum atomic E-state index is 13.2. The first kappa shape index (κ1) is 23.4. The fraction of sp³-hybridized carbons (Fsp3) is 0.304. The van der Waals surface area contributed by atoms with Crippen molar-refractivity contribution < 1.29 is 8.42 Å². The SMILES string of the molecule is Cc1c(S(=O)(=O)Nc2ccc3[nH]cc(C4CCN(C)CC4)c3c2)sc2ccc(Cl)cc12.Cl. The first-order valence-electron chi connectivity index (χ1n) is 10.3. The van der Waals surface area contributed by atoms with Gasteiger partial charge in [-0.2, -0.15) is 0 Å². The first-order chi connectivity index (χ1) is 14.8. The van der Waals surface area contributed by atoms with Gasteiger partial charge in [-0.1, -0.05) is 11.6 Å². The molecule has 5 nitrogen and oxygen atoms in total. The van der Waals surface area contributed by atoms with Crippen molar-refractivity contribution in [2.45, 2.75) is 29.9 Å². The molecule has 0 spiro atoms. The number of aromatic amines is 1. The Kier molecular flexibility index (Phi) is 6.49. The number of aryl methyl sites for hydroxylation is 1. The van der Waals surface area contributed by atoms with Crippen LogP contribution in [0.25, 0.3) is 21.0 Å². The predicted molar refractivity (Wildman–Crippen MR) is 137 cm³/mol. The molecule has 0 atom stereocenters. The van der Waals surface area contributed by atoms with E-state index in [2.05, 4.69) is 27.9 Å². The molecule has 4 aromatic rings. The number of nitrogens with zero attached hydrogens (tertiary/aromatic N) is 1. The van der Waals surface area contributed by atoms with Crippen LogP contribution in [0.4, 0.5) is 5.69 Å². The molecule has 1 aliphatic rings. The number of hydrogen-bond donors (Lipinski definition) is 2. The van der Waals surface area contributed by atoms with Crippen LogP contribution >= 0.6 is 35.3 Å². The highest BCUT2D eigenvalue weighted by atomic mass is 35.5.